The van der Waals surface area contributed by atoms with Crippen molar-refractivity contribution in [3.05, 3.63) is 83.8 Å². The van der Waals surface area contributed by atoms with Crippen molar-refractivity contribution in [2.75, 3.05) is 27.9 Å². The van der Waals surface area contributed by atoms with Crippen LogP contribution in [-0.2, 0) is 13.0 Å². The monoisotopic (exact) mass is 445 g/mol. The molecule has 1 N–H and O–H groups in total. The maximum absolute atomic E-state index is 13.7. The van der Waals surface area contributed by atoms with Crippen LogP contribution in [0.1, 0.15) is 21.5 Å². The summed E-state index contributed by atoms with van der Waals surface area (Å²) in [6, 6.07) is 15.4. The number of hydrogen-bond donors (Lipinski definition) is 1. The van der Waals surface area contributed by atoms with Crippen molar-refractivity contribution in [1.82, 2.24) is 14.9 Å². The predicted molar refractivity (Wildman–Crippen MR) is 127 cm³/mol. The average Bonchev–Trinajstić information content (AvgIpc) is 3.28. The van der Waals surface area contributed by atoms with Crippen molar-refractivity contribution < 1.29 is 19.0 Å². The normalized spacial score (nSPS) is 10.8. The first kappa shape index (κ1) is 22.2. The molecule has 0 radical (unpaired) electrons. The summed E-state index contributed by atoms with van der Waals surface area (Å²) in [7, 11) is 4.62. The maximum atomic E-state index is 13.7. The van der Waals surface area contributed by atoms with Gasteiger partial charge in [-0.25, -0.2) is 0 Å². The Bertz CT molecular complexity index is 1210. The number of aromatic nitrogens is 2. The lowest BCUT2D eigenvalue weighted by atomic mass is 10.1. The molecule has 2 heterocycles. The van der Waals surface area contributed by atoms with E-state index in [4.69, 9.17) is 14.2 Å². The van der Waals surface area contributed by atoms with Gasteiger partial charge in [-0.2, -0.15) is 0 Å². The van der Waals surface area contributed by atoms with Gasteiger partial charge in [0.2, 0.25) is 5.75 Å². The van der Waals surface area contributed by atoms with Gasteiger partial charge in [-0.05, 0) is 47.9 Å². The molecule has 0 aliphatic rings. The van der Waals surface area contributed by atoms with E-state index >= 15 is 0 Å². The van der Waals surface area contributed by atoms with Crippen molar-refractivity contribution in [2.24, 2.45) is 0 Å². The fourth-order valence-corrected chi connectivity index (χ4v) is 3.94. The van der Waals surface area contributed by atoms with Crippen LogP contribution in [0.5, 0.6) is 17.2 Å². The zero-order chi connectivity index (χ0) is 23.2. The molecule has 7 heteroatoms. The van der Waals surface area contributed by atoms with E-state index in [9.17, 15) is 4.79 Å². The highest BCUT2D eigenvalue weighted by atomic mass is 16.5. The summed E-state index contributed by atoms with van der Waals surface area (Å²) < 4.78 is 16.3. The van der Waals surface area contributed by atoms with E-state index in [1.807, 2.05) is 35.4 Å². The fourth-order valence-electron chi connectivity index (χ4n) is 3.94. The largest absolute Gasteiger partial charge is 0.493 e. The zero-order valence-corrected chi connectivity index (χ0v) is 19.0. The number of para-hydroxylation sites is 1. The number of aromatic amines is 1. The van der Waals surface area contributed by atoms with E-state index < -0.39 is 0 Å². The first-order valence-electron chi connectivity index (χ1n) is 10.7. The summed E-state index contributed by atoms with van der Waals surface area (Å²) in [5, 5.41) is 1.17. The van der Waals surface area contributed by atoms with Crippen LogP contribution >= 0.6 is 0 Å². The van der Waals surface area contributed by atoms with Crippen molar-refractivity contribution in [3.8, 4) is 17.2 Å². The second-order valence-electron chi connectivity index (χ2n) is 7.61. The third-order valence-corrected chi connectivity index (χ3v) is 5.65. The summed E-state index contributed by atoms with van der Waals surface area (Å²) in [6.45, 7) is 1.00. The lowest BCUT2D eigenvalue weighted by Gasteiger charge is -2.24. The molecule has 2 aromatic heterocycles. The predicted octanol–water partition coefficient (Wildman–Crippen LogP) is 4.47. The van der Waals surface area contributed by atoms with Crippen LogP contribution in [0.25, 0.3) is 10.9 Å². The van der Waals surface area contributed by atoms with Gasteiger partial charge in [0.25, 0.3) is 5.91 Å². The fraction of sp³-hybridized carbons (Fsp3) is 0.231. The van der Waals surface area contributed by atoms with Crippen molar-refractivity contribution >= 4 is 16.8 Å². The lowest BCUT2D eigenvalue weighted by molar-refractivity contribution is 0.0744. The zero-order valence-electron chi connectivity index (χ0n) is 19.0. The molecule has 170 valence electrons. The summed E-state index contributed by atoms with van der Waals surface area (Å²) in [5.74, 6) is 1.23. The molecule has 2 aromatic carbocycles. The Morgan fingerprint density at radius 1 is 0.970 bits per heavy atom. The van der Waals surface area contributed by atoms with Crippen LogP contribution in [0.2, 0.25) is 0 Å². The molecule has 0 aliphatic carbocycles. The van der Waals surface area contributed by atoms with Gasteiger partial charge in [0, 0.05) is 48.1 Å². The molecule has 4 aromatic rings. The van der Waals surface area contributed by atoms with E-state index in [1.54, 1.807) is 31.6 Å². The first-order chi connectivity index (χ1) is 16.1. The van der Waals surface area contributed by atoms with Gasteiger partial charge in [-0.3, -0.25) is 9.78 Å². The van der Waals surface area contributed by atoms with Gasteiger partial charge in [0.05, 0.1) is 21.3 Å². The highest BCUT2D eigenvalue weighted by Crippen LogP contribution is 2.38. The molecular formula is C26H27N3O4. The Morgan fingerprint density at radius 3 is 2.33 bits per heavy atom. The van der Waals surface area contributed by atoms with Crippen molar-refractivity contribution in [2.45, 2.75) is 13.0 Å². The van der Waals surface area contributed by atoms with Gasteiger partial charge in [-0.1, -0.05) is 18.2 Å². The summed E-state index contributed by atoms with van der Waals surface area (Å²) in [4.78, 5) is 22.9. The van der Waals surface area contributed by atoms with Crippen LogP contribution in [0.3, 0.4) is 0 Å². The molecule has 0 bridgehead atoms. The number of methoxy groups -OCH3 is 3. The van der Waals surface area contributed by atoms with Crippen molar-refractivity contribution in [1.29, 1.82) is 0 Å². The molecule has 0 saturated heterocycles. The van der Waals surface area contributed by atoms with Crippen LogP contribution in [-0.4, -0.2) is 48.6 Å². The Hall–Kier alpha value is -4.00. The number of benzene rings is 2. The Kier molecular flexibility index (Phi) is 6.78. The third-order valence-electron chi connectivity index (χ3n) is 5.65. The van der Waals surface area contributed by atoms with Gasteiger partial charge < -0.3 is 24.1 Å². The number of nitrogens with one attached hydrogen (secondary N) is 1. The smallest absolute Gasteiger partial charge is 0.254 e. The first-order valence-corrected chi connectivity index (χ1v) is 10.7. The molecule has 0 atom stereocenters. The number of ether oxygens (including phenoxy) is 3. The Labute approximate surface area is 192 Å². The summed E-state index contributed by atoms with van der Waals surface area (Å²) >= 11 is 0. The molecule has 4 rings (SSSR count). The molecule has 7 nitrogen and oxygen atoms in total. The Balaban J connectivity index is 1.64. The quantitative estimate of drug-likeness (QED) is 0.411. The van der Waals surface area contributed by atoms with Gasteiger partial charge in [0.1, 0.15) is 0 Å². The summed E-state index contributed by atoms with van der Waals surface area (Å²) in [6.07, 6.45) is 6.19. The van der Waals surface area contributed by atoms with Gasteiger partial charge >= 0.3 is 0 Å². The molecule has 0 fully saturated rings. The van der Waals surface area contributed by atoms with Crippen LogP contribution in [0.15, 0.2) is 67.1 Å². The minimum atomic E-state index is -0.120. The van der Waals surface area contributed by atoms with Crippen LogP contribution in [0, 0.1) is 0 Å². The van der Waals surface area contributed by atoms with Crippen molar-refractivity contribution in [3.63, 3.8) is 0 Å². The molecule has 1 amide bonds. The number of hydrogen-bond acceptors (Lipinski definition) is 5. The molecule has 0 unspecified atom stereocenters. The number of pyridine rings is 1. The maximum Gasteiger partial charge on any atom is 0.254 e. The number of rotatable bonds is 9. The number of fused-ring (bicyclic) bond motifs is 1. The van der Waals surface area contributed by atoms with Crippen LogP contribution in [0.4, 0.5) is 0 Å². The van der Waals surface area contributed by atoms with E-state index in [2.05, 4.69) is 22.1 Å². The highest BCUT2D eigenvalue weighted by molar-refractivity contribution is 5.95. The minimum absolute atomic E-state index is 0.120. The lowest BCUT2D eigenvalue weighted by Crippen LogP contribution is -2.32. The third kappa shape index (κ3) is 4.77. The number of H-pyrrole nitrogens is 1. The van der Waals surface area contributed by atoms with E-state index in [-0.39, 0.29) is 5.91 Å². The second-order valence-corrected chi connectivity index (χ2v) is 7.61. The van der Waals surface area contributed by atoms with E-state index in [0.717, 1.165) is 11.1 Å². The number of carbonyl (C=O) groups excluding carboxylic acids is 1. The highest BCUT2D eigenvalue weighted by Gasteiger charge is 2.22. The van der Waals surface area contributed by atoms with Gasteiger partial charge in [-0.15, -0.1) is 0 Å². The molecule has 0 aliphatic heterocycles. The SMILES string of the molecule is COc1cc(C(=O)N(CCc2c[nH]c3ccccc23)Cc2ccncc2)cc(OC)c1OC. The summed E-state index contributed by atoms with van der Waals surface area (Å²) in [5.41, 5.74) is 3.73. The number of carbonyl (C=O) groups is 1. The van der Waals surface area contributed by atoms with E-state index in [0.29, 0.717) is 42.3 Å². The number of amides is 1. The molecule has 33 heavy (non-hydrogen) atoms. The number of nitrogens with zero attached hydrogens (tertiary/aromatic N) is 2. The molecule has 0 saturated carbocycles. The molecular weight excluding hydrogens is 418 g/mol. The topological polar surface area (TPSA) is 76.7 Å². The Morgan fingerprint density at radius 2 is 1.67 bits per heavy atom. The standard InChI is InChI=1S/C26H27N3O4/c1-31-23-14-20(15-24(32-2)25(23)33-3)26(30)29(17-18-8-11-27-12-9-18)13-10-19-16-28-22-7-5-4-6-21(19)22/h4-9,11-12,14-16,28H,10,13,17H2,1-3H3. The minimum Gasteiger partial charge on any atom is -0.493 e. The van der Waals surface area contributed by atoms with Crippen LogP contribution < -0.4 is 14.2 Å². The average molecular weight is 446 g/mol. The van der Waals surface area contributed by atoms with Gasteiger partial charge in [0.15, 0.2) is 11.5 Å². The molecule has 0 spiro atoms. The van der Waals surface area contributed by atoms with E-state index in [1.165, 1.54) is 25.2 Å². The second kappa shape index (κ2) is 10.1.